The van der Waals surface area contributed by atoms with Gasteiger partial charge in [-0.05, 0) is 79.6 Å². The molecule has 0 fully saturated rings. The van der Waals surface area contributed by atoms with E-state index in [1.165, 1.54) is 11.3 Å². The van der Waals surface area contributed by atoms with E-state index in [0.29, 0.717) is 11.3 Å². The average Bonchev–Trinajstić information content (AvgIpc) is 3.47. The van der Waals surface area contributed by atoms with Crippen LogP contribution < -0.4 is 20.8 Å². The summed E-state index contributed by atoms with van der Waals surface area (Å²) in [6, 6.07) is 30.0. The van der Waals surface area contributed by atoms with Gasteiger partial charge in [-0.25, -0.2) is 10.4 Å². The molecule has 0 bridgehead atoms. The minimum absolute atomic E-state index is 0.107. The van der Waals surface area contributed by atoms with Gasteiger partial charge in [-0.2, -0.15) is 5.10 Å². The number of benzene rings is 4. The first kappa shape index (κ1) is 28.3. The van der Waals surface area contributed by atoms with Crippen molar-refractivity contribution < 1.29 is 14.3 Å². The molecule has 0 saturated carbocycles. The highest BCUT2D eigenvalue weighted by atomic mass is 32.1. The van der Waals surface area contributed by atoms with E-state index in [1.54, 1.807) is 42.6 Å². The second-order valence-corrected chi connectivity index (χ2v) is 10.4. The molecule has 8 nitrogen and oxygen atoms in total. The number of thiazole rings is 1. The van der Waals surface area contributed by atoms with E-state index in [2.05, 4.69) is 26.1 Å². The summed E-state index contributed by atoms with van der Waals surface area (Å²) in [5.41, 5.74) is 9.42. The summed E-state index contributed by atoms with van der Waals surface area (Å²) in [7, 11) is 0. The molecule has 3 N–H and O–H groups in total. The molecule has 2 amide bonds. The Morgan fingerprint density at radius 1 is 0.929 bits per heavy atom. The third kappa shape index (κ3) is 7.67. The lowest BCUT2D eigenvalue weighted by Crippen LogP contribution is -2.20. The van der Waals surface area contributed by atoms with Gasteiger partial charge in [0, 0.05) is 27.9 Å². The number of rotatable bonds is 10. The molecule has 0 aliphatic heterocycles. The fourth-order valence-electron chi connectivity index (χ4n) is 4.07. The first-order valence-electron chi connectivity index (χ1n) is 13.2. The van der Waals surface area contributed by atoms with Gasteiger partial charge in [-0.3, -0.25) is 9.59 Å². The SMILES string of the molecule is Cc1ccc(NC(=O)COc2ccc(/C=N/NC(=O)c3ccc(-c4csc(Nc5ccccc5)n4)cc3)cc2)c(C)c1. The van der Waals surface area contributed by atoms with Gasteiger partial charge in [0.1, 0.15) is 5.75 Å². The molecule has 42 heavy (non-hydrogen) atoms. The van der Waals surface area contributed by atoms with Crippen LogP contribution in [-0.4, -0.2) is 29.6 Å². The van der Waals surface area contributed by atoms with Gasteiger partial charge in [0.25, 0.3) is 11.8 Å². The molecule has 5 aromatic rings. The van der Waals surface area contributed by atoms with Crippen molar-refractivity contribution in [1.82, 2.24) is 10.4 Å². The van der Waals surface area contributed by atoms with E-state index in [9.17, 15) is 9.59 Å². The molecule has 1 heterocycles. The predicted molar refractivity (Wildman–Crippen MR) is 169 cm³/mol. The molecule has 0 atom stereocenters. The monoisotopic (exact) mass is 575 g/mol. The van der Waals surface area contributed by atoms with Crippen molar-refractivity contribution in [3.8, 4) is 17.0 Å². The van der Waals surface area contributed by atoms with E-state index < -0.39 is 0 Å². The number of hydrazone groups is 1. The number of aryl methyl sites for hydroxylation is 2. The van der Waals surface area contributed by atoms with Gasteiger partial charge in [0.2, 0.25) is 0 Å². The second kappa shape index (κ2) is 13.4. The largest absolute Gasteiger partial charge is 0.484 e. The summed E-state index contributed by atoms with van der Waals surface area (Å²) < 4.78 is 5.60. The molecule has 1 aromatic heterocycles. The van der Waals surface area contributed by atoms with Crippen molar-refractivity contribution in [3.63, 3.8) is 0 Å². The molecule has 9 heteroatoms. The van der Waals surface area contributed by atoms with Crippen molar-refractivity contribution in [2.75, 3.05) is 17.2 Å². The summed E-state index contributed by atoms with van der Waals surface area (Å²) in [6.45, 7) is 3.85. The Labute approximate surface area is 248 Å². The van der Waals surface area contributed by atoms with E-state index in [4.69, 9.17) is 4.74 Å². The fourth-order valence-corrected chi connectivity index (χ4v) is 4.81. The molecule has 0 spiro atoms. The first-order chi connectivity index (χ1) is 20.4. The molecule has 0 unspecified atom stereocenters. The third-order valence-electron chi connectivity index (χ3n) is 6.26. The molecule has 5 rings (SSSR count). The summed E-state index contributed by atoms with van der Waals surface area (Å²) in [6.07, 6.45) is 1.54. The smallest absolute Gasteiger partial charge is 0.271 e. The summed E-state index contributed by atoms with van der Waals surface area (Å²) in [5, 5.41) is 13.0. The zero-order valence-corrected chi connectivity index (χ0v) is 23.9. The predicted octanol–water partition coefficient (Wildman–Crippen LogP) is 6.95. The van der Waals surface area contributed by atoms with Crippen LogP contribution in [-0.2, 0) is 4.79 Å². The van der Waals surface area contributed by atoms with Gasteiger partial charge in [-0.1, -0.05) is 48.0 Å². The highest BCUT2D eigenvalue weighted by Gasteiger charge is 2.09. The van der Waals surface area contributed by atoms with Crippen molar-refractivity contribution in [2.24, 2.45) is 5.10 Å². The highest BCUT2D eigenvalue weighted by molar-refractivity contribution is 7.14. The van der Waals surface area contributed by atoms with E-state index in [-0.39, 0.29) is 18.4 Å². The maximum atomic E-state index is 12.6. The number of hydrogen-bond acceptors (Lipinski definition) is 7. The molecular formula is C33H29N5O3S. The van der Waals surface area contributed by atoms with Crippen LogP contribution in [0.15, 0.2) is 108 Å². The molecule has 0 radical (unpaired) electrons. The quantitative estimate of drug-likeness (QED) is 0.123. The van der Waals surface area contributed by atoms with Crippen LogP contribution in [0.1, 0.15) is 27.0 Å². The van der Waals surface area contributed by atoms with Crippen molar-refractivity contribution in [1.29, 1.82) is 0 Å². The normalized spacial score (nSPS) is 10.8. The number of nitrogens with one attached hydrogen (secondary N) is 3. The summed E-state index contributed by atoms with van der Waals surface area (Å²) in [4.78, 5) is 29.5. The van der Waals surface area contributed by atoms with Crippen LogP contribution in [0.25, 0.3) is 11.3 Å². The van der Waals surface area contributed by atoms with Gasteiger partial charge < -0.3 is 15.4 Å². The minimum atomic E-state index is -0.322. The molecule has 210 valence electrons. The van der Waals surface area contributed by atoms with Crippen LogP contribution in [0, 0.1) is 13.8 Å². The Kier molecular flexibility index (Phi) is 9.00. The molecule has 0 aliphatic carbocycles. The van der Waals surface area contributed by atoms with Crippen LogP contribution in [0.4, 0.5) is 16.5 Å². The standard InChI is InChI=1S/C33H29N5O3S/c1-22-8-17-29(23(2)18-22)36-31(39)20-41-28-15-9-24(10-16-28)19-34-38-32(40)26-13-11-25(12-14-26)30-21-42-33(37-30)35-27-6-4-3-5-7-27/h3-19,21H,20H2,1-2H3,(H,35,37)(H,36,39)(H,38,40)/b34-19+. The molecular weight excluding hydrogens is 546 g/mol. The topological polar surface area (TPSA) is 105 Å². The Morgan fingerprint density at radius 3 is 2.43 bits per heavy atom. The number of nitrogens with zero attached hydrogens (tertiary/aromatic N) is 2. The summed E-state index contributed by atoms with van der Waals surface area (Å²) in [5.74, 6) is -0.00726. The number of hydrogen-bond donors (Lipinski definition) is 3. The fraction of sp³-hybridized carbons (Fsp3) is 0.0909. The minimum Gasteiger partial charge on any atom is -0.484 e. The Balaban J connectivity index is 1.08. The first-order valence-corrected chi connectivity index (χ1v) is 14.1. The van der Waals surface area contributed by atoms with E-state index in [0.717, 1.165) is 44.5 Å². The zero-order valence-electron chi connectivity index (χ0n) is 23.1. The van der Waals surface area contributed by atoms with Crippen molar-refractivity contribution in [3.05, 3.63) is 125 Å². The second-order valence-electron chi connectivity index (χ2n) is 9.53. The Hall–Kier alpha value is -5.28. The Morgan fingerprint density at radius 2 is 1.69 bits per heavy atom. The van der Waals surface area contributed by atoms with Crippen LogP contribution in [0.3, 0.4) is 0 Å². The Bertz CT molecular complexity index is 1700. The van der Waals surface area contributed by atoms with Gasteiger partial charge in [0.05, 0.1) is 11.9 Å². The molecule has 0 saturated heterocycles. The number of aromatic nitrogens is 1. The number of amides is 2. The zero-order chi connectivity index (χ0) is 29.3. The molecule has 0 aliphatic rings. The van der Waals surface area contributed by atoms with Gasteiger partial charge in [-0.15, -0.1) is 11.3 Å². The van der Waals surface area contributed by atoms with Crippen LogP contribution in [0.2, 0.25) is 0 Å². The number of ether oxygens (including phenoxy) is 1. The molecule has 4 aromatic carbocycles. The van der Waals surface area contributed by atoms with Crippen molar-refractivity contribution >= 4 is 45.9 Å². The summed E-state index contributed by atoms with van der Waals surface area (Å²) >= 11 is 1.52. The van der Waals surface area contributed by atoms with Gasteiger partial charge >= 0.3 is 0 Å². The van der Waals surface area contributed by atoms with E-state index >= 15 is 0 Å². The van der Waals surface area contributed by atoms with E-state index in [1.807, 2.05) is 79.9 Å². The maximum Gasteiger partial charge on any atom is 0.271 e. The van der Waals surface area contributed by atoms with Crippen LogP contribution >= 0.6 is 11.3 Å². The third-order valence-corrected chi connectivity index (χ3v) is 7.02. The number of carbonyl (C=O) groups excluding carboxylic acids is 2. The van der Waals surface area contributed by atoms with Crippen molar-refractivity contribution in [2.45, 2.75) is 13.8 Å². The lowest BCUT2D eigenvalue weighted by Gasteiger charge is -2.10. The average molecular weight is 576 g/mol. The number of para-hydroxylation sites is 1. The lowest BCUT2D eigenvalue weighted by molar-refractivity contribution is -0.118. The van der Waals surface area contributed by atoms with Gasteiger partial charge in [0.15, 0.2) is 11.7 Å². The number of carbonyl (C=O) groups is 2. The maximum absolute atomic E-state index is 12.6. The number of anilines is 3. The lowest BCUT2D eigenvalue weighted by atomic mass is 10.1. The highest BCUT2D eigenvalue weighted by Crippen LogP contribution is 2.27. The van der Waals surface area contributed by atoms with Crippen LogP contribution in [0.5, 0.6) is 5.75 Å².